The highest BCUT2D eigenvalue weighted by molar-refractivity contribution is 7.89. The molecule has 0 fully saturated rings. The van der Waals surface area contributed by atoms with Gasteiger partial charge in [-0.25, -0.2) is 13.4 Å². The van der Waals surface area contributed by atoms with Crippen LogP contribution in [0.4, 0.5) is 5.13 Å². The number of rotatable bonds is 15. The van der Waals surface area contributed by atoms with Gasteiger partial charge in [-0.05, 0) is 55.9 Å². The minimum absolute atomic E-state index is 0.117. The predicted octanol–water partition coefficient (Wildman–Crippen LogP) is 3.88. The second-order valence-electron chi connectivity index (χ2n) is 8.82. The number of thiazole rings is 1. The van der Waals surface area contributed by atoms with Gasteiger partial charge < -0.3 is 14.4 Å². The van der Waals surface area contributed by atoms with Crippen molar-refractivity contribution in [3.8, 4) is 0 Å². The van der Waals surface area contributed by atoms with E-state index in [1.165, 1.54) is 42.0 Å². The van der Waals surface area contributed by atoms with Gasteiger partial charge in [-0.1, -0.05) is 37.3 Å². The standard InChI is InChI=1S/C27H38N4O5S2/c1-6-29(7-2)15-16-31(27-28-25-21(3)9-8-10-24(25)37-27)26(32)22-11-13-23(14-12-22)38(33,34)30(17-19-35-4)18-20-36-5/h8-14H,6-7,15-20H2,1-5H3. The molecule has 9 nitrogen and oxygen atoms in total. The molecule has 1 amide bonds. The van der Waals surface area contributed by atoms with Crippen molar-refractivity contribution in [1.82, 2.24) is 14.2 Å². The maximum atomic E-state index is 13.8. The normalized spacial score (nSPS) is 12.1. The predicted molar refractivity (Wildman–Crippen MR) is 153 cm³/mol. The number of nitrogens with zero attached hydrogens (tertiary/aromatic N) is 4. The summed E-state index contributed by atoms with van der Waals surface area (Å²) >= 11 is 1.49. The first-order valence-corrected chi connectivity index (χ1v) is 15.0. The molecule has 3 aromatic rings. The van der Waals surface area contributed by atoms with E-state index in [-0.39, 0.29) is 37.1 Å². The summed E-state index contributed by atoms with van der Waals surface area (Å²) < 4.78 is 39.0. The second-order valence-corrected chi connectivity index (χ2v) is 11.8. The van der Waals surface area contributed by atoms with E-state index in [4.69, 9.17) is 14.5 Å². The molecular weight excluding hydrogens is 524 g/mol. The molecule has 0 aliphatic carbocycles. The Morgan fingerprint density at radius 1 is 0.921 bits per heavy atom. The van der Waals surface area contributed by atoms with Crippen molar-refractivity contribution in [1.29, 1.82) is 0 Å². The summed E-state index contributed by atoms with van der Waals surface area (Å²) in [6, 6.07) is 12.1. The maximum Gasteiger partial charge on any atom is 0.260 e. The molecule has 0 atom stereocenters. The number of aryl methyl sites for hydroxylation is 1. The molecule has 0 radical (unpaired) electrons. The zero-order chi connectivity index (χ0) is 27.7. The lowest BCUT2D eigenvalue weighted by Crippen LogP contribution is -2.39. The summed E-state index contributed by atoms with van der Waals surface area (Å²) in [7, 11) is -0.723. The summed E-state index contributed by atoms with van der Waals surface area (Å²) in [5, 5.41) is 0.633. The van der Waals surface area contributed by atoms with Crippen LogP contribution in [0.5, 0.6) is 0 Å². The molecule has 0 aliphatic rings. The number of likely N-dealkylation sites (N-methyl/N-ethyl adjacent to an activating group) is 1. The highest BCUT2D eigenvalue weighted by Crippen LogP contribution is 2.31. The van der Waals surface area contributed by atoms with Crippen molar-refractivity contribution in [3.05, 3.63) is 53.6 Å². The van der Waals surface area contributed by atoms with Gasteiger partial charge in [0.25, 0.3) is 5.91 Å². The van der Waals surface area contributed by atoms with Crippen LogP contribution in [0, 0.1) is 6.92 Å². The molecule has 3 rings (SSSR count). The summed E-state index contributed by atoms with van der Waals surface area (Å²) in [5.41, 5.74) is 2.35. The number of fused-ring (bicyclic) bond motifs is 1. The van der Waals surface area contributed by atoms with Crippen LogP contribution in [0.3, 0.4) is 0 Å². The van der Waals surface area contributed by atoms with Gasteiger partial charge in [-0.3, -0.25) is 9.69 Å². The molecule has 1 heterocycles. The van der Waals surface area contributed by atoms with E-state index in [1.807, 2.05) is 25.1 Å². The number of carbonyl (C=O) groups excluding carboxylic acids is 1. The van der Waals surface area contributed by atoms with Crippen molar-refractivity contribution >= 4 is 42.6 Å². The van der Waals surface area contributed by atoms with Crippen LogP contribution >= 0.6 is 11.3 Å². The lowest BCUT2D eigenvalue weighted by molar-refractivity contribution is 0.0983. The Balaban J connectivity index is 1.91. The fourth-order valence-electron chi connectivity index (χ4n) is 4.07. The molecular formula is C27H38N4O5S2. The summed E-state index contributed by atoms with van der Waals surface area (Å²) in [5.74, 6) is -0.214. The lowest BCUT2D eigenvalue weighted by atomic mass is 10.2. The van der Waals surface area contributed by atoms with E-state index in [9.17, 15) is 13.2 Å². The van der Waals surface area contributed by atoms with E-state index in [2.05, 4.69) is 18.7 Å². The summed E-state index contributed by atoms with van der Waals surface area (Å²) in [6.45, 7) is 10.1. The fraction of sp³-hybridized carbons (Fsp3) is 0.481. The third kappa shape index (κ3) is 7.16. The number of para-hydroxylation sites is 1. The number of carbonyl (C=O) groups is 1. The summed E-state index contributed by atoms with van der Waals surface area (Å²) in [6.07, 6.45) is 0. The van der Waals surface area contributed by atoms with Gasteiger partial charge in [0, 0.05) is 46.0 Å². The highest BCUT2D eigenvalue weighted by atomic mass is 32.2. The Bertz CT molecular complexity index is 1280. The van der Waals surface area contributed by atoms with Crippen LogP contribution in [0.25, 0.3) is 10.2 Å². The molecule has 0 aliphatic heterocycles. The number of sulfonamides is 1. The van der Waals surface area contributed by atoms with Crippen molar-refractivity contribution in [2.24, 2.45) is 0 Å². The zero-order valence-electron chi connectivity index (χ0n) is 22.8. The van der Waals surface area contributed by atoms with Gasteiger partial charge in [0.05, 0.1) is 28.3 Å². The van der Waals surface area contributed by atoms with Gasteiger partial charge in [-0.2, -0.15) is 4.31 Å². The molecule has 38 heavy (non-hydrogen) atoms. The van der Waals surface area contributed by atoms with E-state index >= 15 is 0 Å². The zero-order valence-corrected chi connectivity index (χ0v) is 24.5. The summed E-state index contributed by atoms with van der Waals surface area (Å²) in [4.78, 5) is 22.6. The molecule has 0 spiro atoms. The quantitative estimate of drug-likeness (QED) is 0.278. The minimum atomic E-state index is -3.78. The number of benzene rings is 2. The fourth-order valence-corrected chi connectivity index (χ4v) is 6.54. The van der Waals surface area contributed by atoms with Crippen LogP contribution in [0.15, 0.2) is 47.4 Å². The van der Waals surface area contributed by atoms with E-state index < -0.39 is 10.0 Å². The van der Waals surface area contributed by atoms with Crippen molar-refractivity contribution in [2.45, 2.75) is 25.7 Å². The number of amides is 1. The topological polar surface area (TPSA) is 92.3 Å². The van der Waals surface area contributed by atoms with Crippen LogP contribution in [0.1, 0.15) is 29.8 Å². The average Bonchev–Trinajstić information content (AvgIpc) is 3.36. The maximum absolute atomic E-state index is 13.8. The second kappa shape index (κ2) is 14.1. The van der Waals surface area contributed by atoms with Crippen LogP contribution in [0.2, 0.25) is 0 Å². The van der Waals surface area contributed by atoms with E-state index in [1.54, 1.807) is 17.0 Å². The van der Waals surface area contributed by atoms with E-state index in [0.717, 1.165) is 28.9 Å². The number of aromatic nitrogens is 1. The first-order chi connectivity index (χ1) is 18.3. The van der Waals surface area contributed by atoms with Gasteiger partial charge in [0.2, 0.25) is 10.0 Å². The third-order valence-corrected chi connectivity index (χ3v) is 9.40. The van der Waals surface area contributed by atoms with Crippen LogP contribution in [-0.2, 0) is 19.5 Å². The van der Waals surface area contributed by atoms with Gasteiger partial charge in [0.1, 0.15) is 0 Å². The molecule has 0 unspecified atom stereocenters. The molecule has 0 N–H and O–H groups in total. The molecule has 208 valence electrons. The molecule has 0 saturated carbocycles. The smallest absolute Gasteiger partial charge is 0.260 e. The molecule has 2 aromatic carbocycles. The van der Waals surface area contributed by atoms with Gasteiger partial charge in [-0.15, -0.1) is 0 Å². The third-order valence-electron chi connectivity index (χ3n) is 6.45. The average molecular weight is 563 g/mol. The Labute approximate surface area is 230 Å². The van der Waals surface area contributed by atoms with Crippen LogP contribution in [-0.4, -0.2) is 95.2 Å². The van der Waals surface area contributed by atoms with Crippen molar-refractivity contribution in [3.63, 3.8) is 0 Å². The number of hydrogen-bond donors (Lipinski definition) is 0. The first-order valence-electron chi connectivity index (χ1n) is 12.7. The molecule has 0 bridgehead atoms. The number of ether oxygens (including phenoxy) is 2. The number of hydrogen-bond acceptors (Lipinski definition) is 8. The lowest BCUT2D eigenvalue weighted by Gasteiger charge is -2.25. The number of anilines is 1. The van der Waals surface area contributed by atoms with E-state index in [0.29, 0.717) is 23.8 Å². The van der Waals surface area contributed by atoms with Crippen molar-refractivity contribution in [2.75, 3.05) is 71.6 Å². The Kier molecular flexibility index (Phi) is 11.2. The Morgan fingerprint density at radius 2 is 1.55 bits per heavy atom. The largest absolute Gasteiger partial charge is 0.383 e. The Hall–Kier alpha value is -2.41. The highest BCUT2D eigenvalue weighted by Gasteiger charge is 2.26. The molecule has 11 heteroatoms. The van der Waals surface area contributed by atoms with Gasteiger partial charge in [0.15, 0.2) is 5.13 Å². The first kappa shape index (κ1) is 30.1. The molecule has 1 aromatic heterocycles. The minimum Gasteiger partial charge on any atom is -0.383 e. The van der Waals surface area contributed by atoms with Crippen LogP contribution < -0.4 is 4.90 Å². The SMILES string of the molecule is CCN(CC)CCN(C(=O)c1ccc(S(=O)(=O)N(CCOC)CCOC)cc1)c1nc2c(C)cccc2s1. The monoisotopic (exact) mass is 562 g/mol. The van der Waals surface area contributed by atoms with Crippen molar-refractivity contribution < 1.29 is 22.7 Å². The van der Waals surface area contributed by atoms with Gasteiger partial charge >= 0.3 is 0 Å². The number of methoxy groups -OCH3 is 2. The Morgan fingerprint density at radius 3 is 2.11 bits per heavy atom. The molecule has 0 saturated heterocycles.